The van der Waals surface area contributed by atoms with Gasteiger partial charge in [0.15, 0.2) is 16.4 Å². The molecule has 0 aliphatic carbocycles. The highest BCUT2D eigenvalue weighted by Crippen LogP contribution is 2.19. The Morgan fingerprint density at radius 1 is 1.19 bits per heavy atom. The molecule has 8 heteroatoms. The van der Waals surface area contributed by atoms with Crippen molar-refractivity contribution < 1.29 is 22.7 Å². The Morgan fingerprint density at radius 3 is 2.30 bits per heavy atom. The van der Waals surface area contributed by atoms with Crippen LogP contribution in [0, 0.1) is 5.92 Å². The fourth-order valence-corrected chi connectivity index (χ4v) is 4.79. The monoisotopic (exact) mass is 396 g/mol. The number of amides is 1. The molecule has 0 aromatic heterocycles. The van der Waals surface area contributed by atoms with Crippen LogP contribution in [0.2, 0.25) is 0 Å². The first kappa shape index (κ1) is 21.2. The molecule has 1 amide bonds. The van der Waals surface area contributed by atoms with Crippen LogP contribution in [-0.2, 0) is 19.4 Å². The third-order valence-electron chi connectivity index (χ3n) is 4.48. The summed E-state index contributed by atoms with van der Waals surface area (Å²) in [5.74, 6) is -0.670. The molecule has 1 unspecified atom stereocenters. The lowest BCUT2D eigenvalue weighted by Gasteiger charge is -2.29. The average Bonchev–Trinajstić information content (AvgIpc) is 2.96. The van der Waals surface area contributed by atoms with Gasteiger partial charge in [-0.25, -0.2) is 13.2 Å². The minimum absolute atomic E-state index is 0.0224. The third-order valence-corrected chi connectivity index (χ3v) is 6.23. The molecular weight excluding hydrogens is 368 g/mol. The second-order valence-corrected chi connectivity index (χ2v) is 9.74. The number of anilines is 1. The van der Waals surface area contributed by atoms with E-state index < -0.39 is 22.4 Å². The zero-order valence-electron chi connectivity index (χ0n) is 16.3. The van der Waals surface area contributed by atoms with Gasteiger partial charge in [-0.15, -0.1) is 0 Å². The van der Waals surface area contributed by atoms with Crippen molar-refractivity contribution in [3.63, 3.8) is 0 Å². The van der Waals surface area contributed by atoms with Crippen LogP contribution < -0.4 is 4.90 Å². The van der Waals surface area contributed by atoms with Crippen molar-refractivity contribution in [3.05, 3.63) is 29.8 Å². The van der Waals surface area contributed by atoms with Crippen molar-refractivity contribution >= 4 is 27.4 Å². The van der Waals surface area contributed by atoms with Gasteiger partial charge >= 0.3 is 5.97 Å². The highest BCUT2D eigenvalue weighted by atomic mass is 32.2. The number of benzene rings is 1. The fraction of sp³-hybridized carbons (Fsp3) is 0.579. The molecule has 1 fully saturated rings. The van der Waals surface area contributed by atoms with Crippen LogP contribution in [0.1, 0.15) is 30.6 Å². The minimum atomic E-state index is -3.10. The van der Waals surface area contributed by atoms with Crippen molar-refractivity contribution in [2.24, 2.45) is 5.92 Å². The normalized spacial score (nSPS) is 18.3. The lowest BCUT2D eigenvalue weighted by molar-refractivity contribution is -0.137. The lowest BCUT2D eigenvalue weighted by Crippen LogP contribution is -2.45. The molecule has 1 aliphatic rings. The van der Waals surface area contributed by atoms with Gasteiger partial charge in [0.25, 0.3) is 5.91 Å². The maximum atomic E-state index is 12.6. The van der Waals surface area contributed by atoms with Gasteiger partial charge in [-0.05, 0) is 36.6 Å². The van der Waals surface area contributed by atoms with Crippen LogP contribution >= 0.6 is 0 Å². The van der Waals surface area contributed by atoms with Gasteiger partial charge in [0.1, 0.15) is 0 Å². The maximum absolute atomic E-state index is 12.6. The first-order valence-corrected chi connectivity index (χ1v) is 10.9. The number of rotatable bonds is 7. The van der Waals surface area contributed by atoms with E-state index in [-0.39, 0.29) is 29.4 Å². The number of nitrogens with zero attached hydrogens (tertiary/aromatic N) is 2. The molecule has 0 saturated carbocycles. The molecule has 150 valence electrons. The van der Waals surface area contributed by atoms with Gasteiger partial charge < -0.3 is 14.5 Å². The van der Waals surface area contributed by atoms with E-state index in [4.69, 9.17) is 4.74 Å². The molecule has 0 radical (unpaired) electrons. The zero-order valence-corrected chi connectivity index (χ0v) is 17.2. The topological polar surface area (TPSA) is 84.0 Å². The summed E-state index contributed by atoms with van der Waals surface area (Å²) in [5.41, 5.74) is 1.32. The fourth-order valence-electron chi connectivity index (χ4n) is 3.06. The molecule has 1 atom stereocenters. The van der Waals surface area contributed by atoms with Gasteiger partial charge in [-0.1, -0.05) is 13.8 Å². The van der Waals surface area contributed by atoms with Gasteiger partial charge in [-0.2, -0.15) is 0 Å². The first-order valence-electron chi connectivity index (χ1n) is 9.03. The molecule has 27 heavy (non-hydrogen) atoms. The van der Waals surface area contributed by atoms with Crippen LogP contribution in [-0.4, -0.2) is 70.0 Å². The van der Waals surface area contributed by atoms with E-state index in [2.05, 4.69) is 0 Å². The molecule has 2 rings (SSSR count). The summed E-state index contributed by atoms with van der Waals surface area (Å²) < 4.78 is 28.7. The van der Waals surface area contributed by atoms with Crippen LogP contribution in [0.5, 0.6) is 0 Å². The Balaban J connectivity index is 1.99. The quantitative estimate of drug-likeness (QED) is 0.651. The molecule has 1 aliphatic heterocycles. The number of hydrogen-bond acceptors (Lipinski definition) is 6. The summed E-state index contributed by atoms with van der Waals surface area (Å²) >= 11 is 0. The number of esters is 1. The molecule has 0 spiro atoms. The zero-order chi connectivity index (χ0) is 20.2. The van der Waals surface area contributed by atoms with Crippen molar-refractivity contribution in [3.8, 4) is 0 Å². The summed E-state index contributed by atoms with van der Waals surface area (Å²) in [6.07, 6.45) is 0.431. The largest absolute Gasteiger partial charge is 0.452 e. The number of hydrogen-bond donors (Lipinski definition) is 0. The number of carbonyl (C=O) groups excluding carboxylic acids is 2. The lowest BCUT2D eigenvalue weighted by atomic mass is 10.1. The van der Waals surface area contributed by atoms with Crippen LogP contribution in [0.15, 0.2) is 24.3 Å². The van der Waals surface area contributed by atoms with E-state index in [9.17, 15) is 18.0 Å². The van der Waals surface area contributed by atoms with E-state index in [1.54, 1.807) is 29.2 Å². The van der Waals surface area contributed by atoms with Crippen LogP contribution in [0.25, 0.3) is 0 Å². The van der Waals surface area contributed by atoms with Gasteiger partial charge in [0, 0.05) is 32.4 Å². The number of carbonyl (C=O) groups is 2. The number of ether oxygens (including phenoxy) is 1. The standard InChI is InChI=1S/C19H28N2O5S/c1-14(2)11-21(17-9-10-27(24,25)13-17)18(22)12-26-19(23)15-5-7-16(8-6-15)20(3)4/h5-8,14,17H,9-13H2,1-4H3. The average molecular weight is 397 g/mol. The van der Waals surface area contributed by atoms with Crippen LogP contribution in [0.3, 0.4) is 0 Å². The summed E-state index contributed by atoms with van der Waals surface area (Å²) in [6, 6.07) is 6.55. The van der Waals surface area contributed by atoms with Gasteiger partial charge in [0.05, 0.1) is 17.1 Å². The maximum Gasteiger partial charge on any atom is 0.338 e. The predicted molar refractivity (Wildman–Crippen MR) is 105 cm³/mol. The van der Waals surface area contributed by atoms with Crippen molar-refractivity contribution in [1.82, 2.24) is 4.90 Å². The second kappa shape index (κ2) is 8.73. The minimum Gasteiger partial charge on any atom is -0.452 e. The van der Waals surface area contributed by atoms with Crippen molar-refractivity contribution in [1.29, 1.82) is 0 Å². The Morgan fingerprint density at radius 2 is 1.81 bits per heavy atom. The molecule has 0 N–H and O–H groups in total. The molecule has 1 heterocycles. The summed E-state index contributed by atoms with van der Waals surface area (Å²) in [7, 11) is 0.702. The van der Waals surface area contributed by atoms with Crippen molar-refractivity contribution in [2.45, 2.75) is 26.3 Å². The molecule has 1 saturated heterocycles. The van der Waals surface area contributed by atoms with E-state index in [1.165, 1.54) is 0 Å². The highest BCUT2D eigenvalue weighted by molar-refractivity contribution is 7.91. The molecule has 0 bridgehead atoms. The third kappa shape index (κ3) is 5.95. The van der Waals surface area contributed by atoms with E-state index in [0.29, 0.717) is 18.5 Å². The molecular formula is C19H28N2O5S. The molecule has 1 aromatic carbocycles. The predicted octanol–water partition coefficient (Wildman–Crippen LogP) is 1.58. The Bertz CT molecular complexity index is 772. The summed E-state index contributed by atoms with van der Waals surface area (Å²) in [4.78, 5) is 28.3. The van der Waals surface area contributed by atoms with E-state index in [0.717, 1.165) is 5.69 Å². The Kier molecular flexibility index (Phi) is 6.86. The van der Waals surface area contributed by atoms with E-state index >= 15 is 0 Å². The van der Waals surface area contributed by atoms with E-state index in [1.807, 2.05) is 32.8 Å². The summed E-state index contributed by atoms with van der Waals surface area (Å²) in [6.45, 7) is 3.97. The summed E-state index contributed by atoms with van der Waals surface area (Å²) in [5, 5.41) is 0. The van der Waals surface area contributed by atoms with Gasteiger partial charge in [0.2, 0.25) is 0 Å². The molecule has 7 nitrogen and oxygen atoms in total. The first-order chi connectivity index (χ1) is 12.6. The molecule has 1 aromatic rings. The number of sulfone groups is 1. The highest BCUT2D eigenvalue weighted by Gasteiger charge is 2.35. The smallest absolute Gasteiger partial charge is 0.338 e. The van der Waals surface area contributed by atoms with Crippen molar-refractivity contribution in [2.75, 3.05) is 43.7 Å². The van der Waals surface area contributed by atoms with Crippen LogP contribution in [0.4, 0.5) is 5.69 Å². The van der Waals surface area contributed by atoms with Gasteiger partial charge in [-0.3, -0.25) is 4.79 Å². The second-order valence-electron chi connectivity index (χ2n) is 7.51. The Hall–Kier alpha value is -2.09. The Labute approximate surface area is 161 Å². The SMILES string of the molecule is CC(C)CN(C(=O)COC(=O)c1ccc(N(C)C)cc1)C1CCS(=O)(=O)C1.